The fraction of sp³-hybridized carbons (Fsp3) is 0.250. The molecule has 3 aromatic carbocycles. The van der Waals surface area contributed by atoms with Gasteiger partial charge in [0, 0.05) is 40.9 Å². The summed E-state index contributed by atoms with van der Waals surface area (Å²) in [5.74, 6) is 1.11. The van der Waals surface area contributed by atoms with Crippen LogP contribution in [0, 0.1) is 0 Å². The third-order valence-corrected chi connectivity index (χ3v) is 7.89. The molecule has 0 radical (unpaired) electrons. The van der Waals surface area contributed by atoms with Crippen molar-refractivity contribution in [3.05, 3.63) is 90.6 Å². The van der Waals surface area contributed by atoms with Crippen LogP contribution in [0.1, 0.15) is 24.8 Å². The number of aromatic nitrogens is 1. The average molecular weight is 423 g/mol. The highest BCUT2D eigenvalue weighted by Gasteiger charge is 2.36. The van der Waals surface area contributed by atoms with Gasteiger partial charge in [0.15, 0.2) is 0 Å². The minimum atomic E-state index is 0.589. The number of rotatable bonds is 5. The Balaban J connectivity index is 1.17. The van der Waals surface area contributed by atoms with Gasteiger partial charge in [-0.15, -0.1) is 11.8 Å². The highest BCUT2D eigenvalue weighted by molar-refractivity contribution is 7.99. The Morgan fingerprint density at radius 3 is 2.68 bits per heavy atom. The fourth-order valence-electron chi connectivity index (χ4n) is 5.32. The van der Waals surface area contributed by atoms with Gasteiger partial charge in [-0.05, 0) is 59.4 Å². The van der Waals surface area contributed by atoms with Gasteiger partial charge in [-0.3, -0.25) is 9.88 Å². The van der Waals surface area contributed by atoms with E-state index in [9.17, 15) is 0 Å². The summed E-state index contributed by atoms with van der Waals surface area (Å²) in [6.45, 7) is 1.14. The molecule has 0 amide bonds. The van der Waals surface area contributed by atoms with E-state index in [1.54, 1.807) is 5.57 Å². The number of thioether (sulfide) groups is 1. The molecular formula is C28H26N2S. The monoisotopic (exact) mass is 422 g/mol. The smallest absolute Gasteiger partial charge is 0.0837 e. The van der Waals surface area contributed by atoms with Gasteiger partial charge in [-0.1, -0.05) is 60.7 Å². The van der Waals surface area contributed by atoms with Crippen molar-refractivity contribution in [2.75, 3.05) is 12.3 Å². The van der Waals surface area contributed by atoms with Crippen LogP contribution >= 0.6 is 11.8 Å². The molecule has 31 heavy (non-hydrogen) atoms. The zero-order valence-electron chi connectivity index (χ0n) is 17.6. The van der Waals surface area contributed by atoms with Crippen molar-refractivity contribution in [3.8, 4) is 0 Å². The molecule has 1 fully saturated rings. The zero-order valence-corrected chi connectivity index (χ0v) is 18.4. The minimum absolute atomic E-state index is 0.589. The van der Waals surface area contributed by atoms with Crippen molar-refractivity contribution in [1.29, 1.82) is 0 Å². The van der Waals surface area contributed by atoms with Gasteiger partial charge in [0.2, 0.25) is 0 Å². The molecule has 2 aliphatic heterocycles. The molecule has 0 N–H and O–H groups in total. The molecule has 154 valence electrons. The van der Waals surface area contributed by atoms with E-state index >= 15 is 0 Å². The van der Waals surface area contributed by atoms with Crippen LogP contribution in [0.25, 0.3) is 27.2 Å². The van der Waals surface area contributed by atoms with Gasteiger partial charge in [0.05, 0.1) is 5.52 Å². The van der Waals surface area contributed by atoms with Crippen molar-refractivity contribution in [2.45, 2.75) is 36.2 Å². The molecule has 2 unspecified atom stereocenters. The number of nitrogens with zero attached hydrogens (tertiary/aromatic N) is 2. The summed E-state index contributed by atoms with van der Waals surface area (Å²) >= 11 is 1.95. The summed E-state index contributed by atoms with van der Waals surface area (Å²) in [4.78, 5) is 8.66. The summed E-state index contributed by atoms with van der Waals surface area (Å²) in [7, 11) is 0. The lowest BCUT2D eigenvalue weighted by atomic mass is 9.93. The first kappa shape index (κ1) is 19.1. The molecule has 1 saturated heterocycles. The Morgan fingerprint density at radius 2 is 1.74 bits per heavy atom. The van der Waals surface area contributed by atoms with Gasteiger partial charge in [-0.25, -0.2) is 0 Å². The summed E-state index contributed by atoms with van der Waals surface area (Å²) in [5.41, 5.74) is 4.09. The normalized spacial score (nSPS) is 21.0. The number of pyridine rings is 1. The van der Waals surface area contributed by atoms with Gasteiger partial charge < -0.3 is 0 Å². The number of fused-ring (bicyclic) bond motifs is 4. The molecule has 0 saturated carbocycles. The lowest BCUT2D eigenvalue weighted by Crippen LogP contribution is -2.39. The van der Waals surface area contributed by atoms with Gasteiger partial charge in [-0.2, -0.15) is 0 Å². The number of hydrogen-bond acceptors (Lipinski definition) is 3. The maximum Gasteiger partial charge on any atom is 0.0837 e. The Bertz CT molecular complexity index is 1270. The standard InChI is InChI=1S/C28H26N2S/c1-2-6-22-17-23(11-10-20(22)5-1)24-18-25-12-13-26(19-24)30(25)15-16-31-27-9-3-7-21-8-4-14-29-28(21)27/h1-11,14,17-18,25-26H,12-13,15-16,19H2. The van der Waals surface area contributed by atoms with E-state index in [0.29, 0.717) is 12.1 Å². The van der Waals surface area contributed by atoms with Crippen LogP contribution < -0.4 is 0 Å². The summed E-state index contributed by atoms with van der Waals surface area (Å²) in [6, 6.07) is 27.6. The number of hydrogen-bond donors (Lipinski definition) is 0. The van der Waals surface area contributed by atoms with E-state index in [1.807, 2.05) is 24.0 Å². The lowest BCUT2D eigenvalue weighted by molar-refractivity contribution is 0.226. The summed E-state index contributed by atoms with van der Waals surface area (Å²) in [6.07, 6.45) is 8.24. The van der Waals surface area contributed by atoms with Gasteiger partial charge >= 0.3 is 0 Å². The van der Waals surface area contributed by atoms with E-state index in [2.05, 4.69) is 82.7 Å². The molecule has 1 aromatic heterocycles. The maximum atomic E-state index is 4.61. The molecule has 2 nitrogen and oxygen atoms in total. The first-order chi connectivity index (χ1) is 15.3. The largest absolute Gasteiger partial charge is 0.293 e. The first-order valence-electron chi connectivity index (χ1n) is 11.3. The highest BCUT2D eigenvalue weighted by Crippen LogP contribution is 2.39. The van der Waals surface area contributed by atoms with E-state index in [0.717, 1.165) is 17.8 Å². The maximum absolute atomic E-state index is 4.61. The Morgan fingerprint density at radius 1 is 0.871 bits per heavy atom. The third-order valence-electron chi connectivity index (χ3n) is 6.86. The predicted molar refractivity (Wildman–Crippen MR) is 133 cm³/mol. The van der Waals surface area contributed by atoms with Crippen LogP contribution in [0.3, 0.4) is 0 Å². The average Bonchev–Trinajstić information content (AvgIpc) is 3.05. The van der Waals surface area contributed by atoms with Crippen molar-refractivity contribution in [1.82, 2.24) is 9.88 Å². The number of benzene rings is 3. The second kappa shape index (κ2) is 8.14. The van der Waals surface area contributed by atoms with E-state index in [1.165, 1.54) is 45.9 Å². The van der Waals surface area contributed by atoms with Crippen LogP contribution in [0.2, 0.25) is 0 Å². The van der Waals surface area contributed by atoms with Crippen LogP contribution in [-0.4, -0.2) is 34.3 Å². The second-order valence-corrected chi connectivity index (χ2v) is 9.81. The molecule has 2 aliphatic rings. The molecule has 0 spiro atoms. The SMILES string of the molecule is C1=C(c2ccc3ccccc3c2)CC2CCC1N2CCSc1cccc2cccnc12. The van der Waals surface area contributed by atoms with E-state index in [4.69, 9.17) is 0 Å². The van der Waals surface area contributed by atoms with E-state index in [-0.39, 0.29) is 0 Å². The van der Waals surface area contributed by atoms with E-state index < -0.39 is 0 Å². The number of para-hydroxylation sites is 1. The fourth-order valence-corrected chi connectivity index (χ4v) is 6.33. The van der Waals surface area contributed by atoms with Crippen molar-refractivity contribution in [2.24, 2.45) is 0 Å². The topological polar surface area (TPSA) is 16.1 Å². The Hall–Kier alpha value is -2.62. The summed E-state index contributed by atoms with van der Waals surface area (Å²) in [5, 5.41) is 3.90. The lowest BCUT2D eigenvalue weighted by Gasteiger charge is -2.34. The Kier molecular flexibility index (Phi) is 5.01. The first-order valence-corrected chi connectivity index (χ1v) is 12.3. The van der Waals surface area contributed by atoms with Crippen LogP contribution in [0.5, 0.6) is 0 Å². The van der Waals surface area contributed by atoms with Crippen molar-refractivity contribution >= 4 is 39.0 Å². The molecular weight excluding hydrogens is 396 g/mol. The second-order valence-electron chi connectivity index (χ2n) is 8.67. The summed E-state index contributed by atoms with van der Waals surface area (Å²) < 4.78 is 0. The zero-order chi connectivity index (χ0) is 20.6. The highest BCUT2D eigenvalue weighted by atomic mass is 32.2. The predicted octanol–water partition coefficient (Wildman–Crippen LogP) is 6.80. The molecule has 3 heteroatoms. The molecule has 4 aromatic rings. The molecule has 3 heterocycles. The molecule has 0 aliphatic carbocycles. The molecule has 2 atom stereocenters. The minimum Gasteiger partial charge on any atom is -0.293 e. The van der Waals surface area contributed by atoms with Gasteiger partial charge in [0.1, 0.15) is 0 Å². The van der Waals surface area contributed by atoms with Crippen molar-refractivity contribution < 1.29 is 0 Å². The quantitative estimate of drug-likeness (QED) is 0.329. The molecule has 6 rings (SSSR count). The van der Waals surface area contributed by atoms with Crippen LogP contribution in [-0.2, 0) is 0 Å². The molecule has 2 bridgehead atoms. The Labute approximate surface area is 188 Å². The third kappa shape index (κ3) is 3.66. The van der Waals surface area contributed by atoms with Gasteiger partial charge in [0.25, 0.3) is 0 Å². The van der Waals surface area contributed by atoms with Crippen molar-refractivity contribution in [3.63, 3.8) is 0 Å². The van der Waals surface area contributed by atoms with Crippen LogP contribution in [0.15, 0.2) is 90.0 Å². The van der Waals surface area contributed by atoms with Crippen LogP contribution in [0.4, 0.5) is 0 Å².